The van der Waals surface area contributed by atoms with E-state index in [-0.39, 0.29) is 0 Å². The van der Waals surface area contributed by atoms with Crippen molar-refractivity contribution in [1.82, 2.24) is 4.98 Å². The van der Waals surface area contributed by atoms with Gasteiger partial charge in [-0.25, -0.2) is 4.98 Å². The van der Waals surface area contributed by atoms with E-state index in [2.05, 4.69) is 25.8 Å². The highest BCUT2D eigenvalue weighted by molar-refractivity contribution is 9.10. The lowest BCUT2D eigenvalue weighted by Gasteiger charge is -2.22. The SMILES string of the molecule is Brc1cccc(N(Cc2ccco2)C2CC2)n1. The van der Waals surface area contributed by atoms with Crippen LogP contribution >= 0.6 is 15.9 Å². The van der Waals surface area contributed by atoms with Gasteiger partial charge in [-0.15, -0.1) is 0 Å². The molecule has 3 nitrogen and oxygen atoms in total. The largest absolute Gasteiger partial charge is 0.467 e. The predicted molar refractivity (Wildman–Crippen MR) is 69.9 cm³/mol. The second-order valence-electron chi connectivity index (χ2n) is 4.26. The van der Waals surface area contributed by atoms with Gasteiger partial charge in [0.1, 0.15) is 16.2 Å². The summed E-state index contributed by atoms with van der Waals surface area (Å²) in [5.41, 5.74) is 0. The van der Waals surface area contributed by atoms with Crippen LogP contribution < -0.4 is 4.90 Å². The van der Waals surface area contributed by atoms with Crippen LogP contribution in [0.15, 0.2) is 45.6 Å². The van der Waals surface area contributed by atoms with Crippen LogP contribution in [0.3, 0.4) is 0 Å². The molecule has 1 aliphatic carbocycles. The number of nitrogens with zero attached hydrogens (tertiary/aromatic N) is 2. The monoisotopic (exact) mass is 292 g/mol. The Morgan fingerprint density at radius 2 is 2.18 bits per heavy atom. The molecule has 17 heavy (non-hydrogen) atoms. The summed E-state index contributed by atoms with van der Waals surface area (Å²) in [6, 6.07) is 10.6. The molecule has 2 aromatic rings. The number of aromatic nitrogens is 1. The topological polar surface area (TPSA) is 29.3 Å². The fourth-order valence-electron chi connectivity index (χ4n) is 1.91. The van der Waals surface area contributed by atoms with Crippen LogP contribution in [0.25, 0.3) is 0 Å². The molecule has 88 valence electrons. The molecular formula is C13H13BrN2O. The molecule has 4 heteroatoms. The minimum absolute atomic E-state index is 0.613. The lowest BCUT2D eigenvalue weighted by atomic mass is 10.3. The maximum absolute atomic E-state index is 5.41. The lowest BCUT2D eigenvalue weighted by Crippen LogP contribution is -2.25. The second kappa shape index (κ2) is 4.53. The Hall–Kier alpha value is -1.29. The van der Waals surface area contributed by atoms with Gasteiger partial charge in [-0.3, -0.25) is 0 Å². The minimum Gasteiger partial charge on any atom is -0.467 e. The van der Waals surface area contributed by atoms with Gasteiger partial charge in [-0.05, 0) is 53.0 Å². The van der Waals surface area contributed by atoms with Crippen LogP contribution in [0.4, 0.5) is 5.82 Å². The summed E-state index contributed by atoms with van der Waals surface area (Å²) < 4.78 is 6.29. The van der Waals surface area contributed by atoms with E-state index < -0.39 is 0 Å². The van der Waals surface area contributed by atoms with Gasteiger partial charge in [-0.1, -0.05) is 6.07 Å². The van der Waals surface area contributed by atoms with Crippen LogP contribution in [0.2, 0.25) is 0 Å². The highest BCUT2D eigenvalue weighted by atomic mass is 79.9. The van der Waals surface area contributed by atoms with Crippen LogP contribution in [0.1, 0.15) is 18.6 Å². The van der Waals surface area contributed by atoms with E-state index in [0.717, 1.165) is 22.7 Å². The number of rotatable bonds is 4. The van der Waals surface area contributed by atoms with Crippen molar-refractivity contribution >= 4 is 21.7 Å². The van der Waals surface area contributed by atoms with Gasteiger partial charge in [0.2, 0.25) is 0 Å². The second-order valence-corrected chi connectivity index (χ2v) is 5.07. The summed E-state index contributed by atoms with van der Waals surface area (Å²) in [4.78, 5) is 6.83. The molecule has 0 aromatic carbocycles. The van der Waals surface area contributed by atoms with Crippen molar-refractivity contribution in [1.29, 1.82) is 0 Å². The zero-order valence-electron chi connectivity index (χ0n) is 9.34. The molecule has 1 aliphatic rings. The minimum atomic E-state index is 0.613. The summed E-state index contributed by atoms with van der Waals surface area (Å²) in [7, 11) is 0. The Kier molecular flexibility index (Phi) is 2.89. The van der Waals surface area contributed by atoms with Gasteiger partial charge < -0.3 is 9.32 Å². The van der Waals surface area contributed by atoms with E-state index in [1.807, 2.05) is 30.3 Å². The Morgan fingerprint density at radius 1 is 1.29 bits per heavy atom. The molecule has 2 heterocycles. The fraction of sp³-hybridized carbons (Fsp3) is 0.308. The zero-order valence-corrected chi connectivity index (χ0v) is 10.9. The normalized spacial score (nSPS) is 14.9. The van der Waals surface area contributed by atoms with Crippen molar-refractivity contribution in [2.75, 3.05) is 4.90 Å². The molecule has 0 saturated heterocycles. The maximum Gasteiger partial charge on any atom is 0.130 e. The molecule has 0 amide bonds. The third-order valence-electron chi connectivity index (χ3n) is 2.89. The molecule has 0 atom stereocenters. The van der Waals surface area contributed by atoms with Crippen molar-refractivity contribution in [2.45, 2.75) is 25.4 Å². The van der Waals surface area contributed by atoms with Gasteiger partial charge in [0.25, 0.3) is 0 Å². The highest BCUT2D eigenvalue weighted by Crippen LogP contribution is 2.32. The molecule has 0 radical (unpaired) electrons. The van der Waals surface area contributed by atoms with Crippen molar-refractivity contribution < 1.29 is 4.42 Å². The molecule has 3 rings (SSSR count). The fourth-order valence-corrected chi connectivity index (χ4v) is 2.25. The molecule has 1 fully saturated rings. The smallest absolute Gasteiger partial charge is 0.130 e. The Balaban J connectivity index is 1.85. The van der Waals surface area contributed by atoms with Gasteiger partial charge in [0.05, 0.1) is 12.8 Å². The molecule has 1 saturated carbocycles. The van der Waals surface area contributed by atoms with Crippen molar-refractivity contribution in [3.05, 3.63) is 47.0 Å². The van der Waals surface area contributed by atoms with Gasteiger partial charge >= 0.3 is 0 Å². The van der Waals surface area contributed by atoms with E-state index in [1.165, 1.54) is 12.8 Å². The predicted octanol–water partition coefficient (Wildman–Crippen LogP) is 3.61. The molecule has 0 spiro atoms. The molecule has 0 aliphatic heterocycles. The van der Waals surface area contributed by atoms with E-state index in [1.54, 1.807) is 6.26 Å². The van der Waals surface area contributed by atoms with E-state index >= 15 is 0 Å². The number of hydrogen-bond acceptors (Lipinski definition) is 3. The molecule has 0 unspecified atom stereocenters. The highest BCUT2D eigenvalue weighted by Gasteiger charge is 2.30. The van der Waals surface area contributed by atoms with Crippen LogP contribution in [0.5, 0.6) is 0 Å². The lowest BCUT2D eigenvalue weighted by molar-refractivity contribution is 0.500. The first kappa shape index (κ1) is 10.8. The first-order chi connectivity index (χ1) is 8.33. The standard InChI is InChI=1S/C13H13BrN2O/c14-12-4-1-5-13(15-12)16(10-6-7-10)9-11-3-2-8-17-11/h1-5,8,10H,6-7,9H2. The first-order valence-electron chi connectivity index (χ1n) is 5.74. The number of furan rings is 1. The van der Waals surface area contributed by atoms with Crippen molar-refractivity contribution in [3.8, 4) is 0 Å². The summed E-state index contributed by atoms with van der Waals surface area (Å²) in [6.45, 7) is 0.793. The summed E-state index contributed by atoms with van der Waals surface area (Å²) in [5.74, 6) is 2.00. The summed E-state index contributed by atoms with van der Waals surface area (Å²) >= 11 is 3.42. The zero-order chi connectivity index (χ0) is 11.7. The van der Waals surface area contributed by atoms with Gasteiger partial charge in [0.15, 0.2) is 0 Å². The molecule has 2 aromatic heterocycles. The Labute approximate surface area is 109 Å². The van der Waals surface area contributed by atoms with E-state index in [9.17, 15) is 0 Å². The Bertz CT molecular complexity index is 494. The molecular weight excluding hydrogens is 280 g/mol. The number of hydrogen-bond donors (Lipinski definition) is 0. The average molecular weight is 293 g/mol. The van der Waals surface area contributed by atoms with E-state index in [4.69, 9.17) is 4.42 Å². The third kappa shape index (κ3) is 2.52. The molecule has 0 N–H and O–H groups in total. The van der Waals surface area contributed by atoms with Crippen molar-refractivity contribution in [3.63, 3.8) is 0 Å². The molecule has 0 bridgehead atoms. The van der Waals surface area contributed by atoms with Crippen LogP contribution in [0, 0.1) is 0 Å². The van der Waals surface area contributed by atoms with Gasteiger partial charge in [0, 0.05) is 6.04 Å². The quantitative estimate of drug-likeness (QED) is 0.806. The number of halogens is 1. The van der Waals surface area contributed by atoms with Gasteiger partial charge in [-0.2, -0.15) is 0 Å². The van der Waals surface area contributed by atoms with E-state index in [0.29, 0.717) is 6.04 Å². The maximum atomic E-state index is 5.41. The summed E-state index contributed by atoms with van der Waals surface area (Å²) in [6.07, 6.45) is 4.21. The number of pyridine rings is 1. The van der Waals surface area contributed by atoms with Crippen LogP contribution in [-0.4, -0.2) is 11.0 Å². The number of anilines is 1. The Morgan fingerprint density at radius 3 is 2.82 bits per heavy atom. The first-order valence-corrected chi connectivity index (χ1v) is 6.54. The third-order valence-corrected chi connectivity index (χ3v) is 3.33. The summed E-state index contributed by atoms with van der Waals surface area (Å²) in [5, 5.41) is 0. The van der Waals surface area contributed by atoms with Crippen molar-refractivity contribution in [2.24, 2.45) is 0 Å². The average Bonchev–Trinajstić information content (AvgIpc) is 3.03. The van der Waals surface area contributed by atoms with Crippen LogP contribution in [-0.2, 0) is 6.54 Å².